The van der Waals surface area contributed by atoms with Gasteiger partial charge < -0.3 is 4.67 Å². The van der Waals surface area contributed by atoms with E-state index in [2.05, 4.69) is 72.0 Å². The molecule has 0 spiro atoms. The van der Waals surface area contributed by atoms with Gasteiger partial charge >= 0.3 is 0 Å². The van der Waals surface area contributed by atoms with Gasteiger partial charge in [0, 0.05) is 19.1 Å². The molecule has 0 saturated carbocycles. The second kappa shape index (κ2) is 7.62. The largest absolute Gasteiger partial charge is 0.312 e. The Hall–Kier alpha value is -3.29. The van der Waals surface area contributed by atoms with Gasteiger partial charge in [0.2, 0.25) is 5.75 Å². The summed E-state index contributed by atoms with van der Waals surface area (Å²) in [5.74, 6) is 1.47. The third-order valence-electron chi connectivity index (χ3n) is 5.03. The van der Waals surface area contributed by atoms with Gasteiger partial charge in [-0.3, -0.25) is 9.78 Å². The first-order valence-electron chi connectivity index (χ1n) is 9.53. The van der Waals surface area contributed by atoms with E-state index in [-0.39, 0.29) is 0 Å². The van der Waals surface area contributed by atoms with Crippen LogP contribution in [0.3, 0.4) is 0 Å². The van der Waals surface area contributed by atoms with E-state index in [9.17, 15) is 0 Å². The van der Waals surface area contributed by atoms with E-state index in [0.717, 1.165) is 22.4 Å². The van der Waals surface area contributed by atoms with E-state index >= 15 is 0 Å². The van der Waals surface area contributed by atoms with Crippen molar-refractivity contribution in [2.75, 3.05) is 11.3 Å². The Morgan fingerprint density at radius 1 is 0.621 bits per heavy atom. The molecule has 1 unspecified atom stereocenters. The quantitative estimate of drug-likeness (QED) is 0.284. The van der Waals surface area contributed by atoms with Gasteiger partial charge in [-0.2, -0.15) is 0 Å². The van der Waals surface area contributed by atoms with E-state index < -0.39 is 8.07 Å². The highest BCUT2D eigenvalue weighted by Crippen LogP contribution is 2.51. The van der Waals surface area contributed by atoms with Crippen LogP contribution in [0.5, 0.6) is 11.5 Å². The van der Waals surface area contributed by atoms with Crippen molar-refractivity contribution in [3.8, 4) is 22.6 Å². The van der Waals surface area contributed by atoms with Gasteiger partial charge in [-0.15, -0.1) is 0 Å². The van der Waals surface area contributed by atoms with Crippen molar-refractivity contribution < 1.29 is 9.78 Å². The third kappa shape index (κ3) is 3.35. The third-order valence-corrected chi connectivity index (χ3v) is 7.14. The highest BCUT2D eigenvalue weighted by molar-refractivity contribution is 7.67. The first-order valence-corrected chi connectivity index (χ1v) is 11.3. The van der Waals surface area contributed by atoms with Gasteiger partial charge in [-0.05, 0) is 54.2 Å². The minimum Gasteiger partial charge on any atom is -0.312 e. The van der Waals surface area contributed by atoms with Crippen molar-refractivity contribution in [2.45, 2.75) is 0 Å². The van der Waals surface area contributed by atoms with Gasteiger partial charge in [0.1, 0.15) is 0 Å². The zero-order valence-electron chi connectivity index (χ0n) is 16.0. The van der Waals surface area contributed by atoms with Crippen LogP contribution in [0.2, 0.25) is 0 Å². The number of fused-ring (bicyclic) bond motifs is 2. The van der Waals surface area contributed by atoms with Crippen LogP contribution >= 0.6 is 8.07 Å². The fraction of sp³-hybridized carbons (Fsp3) is 0.0400. The topological polar surface area (TPSA) is 21.7 Å². The maximum atomic E-state index is 5.74. The van der Waals surface area contributed by atoms with Crippen LogP contribution in [0.15, 0.2) is 103 Å². The molecule has 1 aliphatic rings. The molecule has 5 rings (SSSR count). The molecule has 0 saturated heterocycles. The fourth-order valence-electron chi connectivity index (χ4n) is 3.62. The highest BCUT2D eigenvalue weighted by atomic mass is 31.1. The number of benzene rings is 4. The minimum atomic E-state index is -0.730. The van der Waals surface area contributed by atoms with Crippen LogP contribution in [0, 0.1) is 0 Å². The predicted molar refractivity (Wildman–Crippen MR) is 121 cm³/mol. The van der Waals surface area contributed by atoms with Gasteiger partial charge in [0.05, 0.1) is 5.69 Å². The molecule has 3 nitrogen and oxygen atoms in total. The number of rotatable bonds is 2. The summed E-state index contributed by atoms with van der Waals surface area (Å²) < 4.78 is 2.37. The van der Waals surface area contributed by atoms with Crippen molar-refractivity contribution in [2.24, 2.45) is 0 Å². The summed E-state index contributed by atoms with van der Waals surface area (Å²) in [5, 5.41) is 1.14. The molecule has 0 radical (unpaired) electrons. The van der Waals surface area contributed by atoms with Crippen LogP contribution in [0.4, 0.5) is 11.4 Å². The standard InChI is InChI=1S/C25H20NO2P/c1-29-25-17-8-7-16-24(25)28-27-23-15-6-5-14-22(23)26(29)21-13-9-12-20(18-21)19-10-3-2-4-11-19/h2-18H,1H3. The SMILES string of the molecule is CP1c2ccccc2OOc2ccccc2N1c1cccc(-c2ccccc2)c1. The highest BCUT2D eigenvalue weighted by Gasteiger charge is 2.27. The zero-order chi connectivity index (χ0) is 19.6. The molecule has 0 amide bonds. The molecule has 142 valence electrons. The lowest BCUT2D eigenvalue weighted by Gasteiger charge is -2.34. The predicted octanol–water partition coefficient (Wildman–Crippen LogP) is 6.53. The molecule has 1 aliphatic heterocycles. The molecule has 4 heteroatoms. The van der Waals surface area contributed by atoms with Gasteiger partial charge in [0.15, 0.2) is 5.75 Å². The molecule has 4 aromatic rings. The Labute approximate surface area is 171 Å². The first kappa shape index (κ1) is 17.8. The molecule has 4 aromatic carbocycles. The van der Waals surface area contributed by atoms with Crippen molar-refractivity contribution in [3.63, 3.8) is 0 Å². The lowest BCUT2D eigenvalue weighted by Crippen LogP contribution is -2.23. The number of nitrogens with zero attached hydrogens (tertiary/aromatic N) is 1. The van der Waals surface area contributed by atoms with Crippen LogP contribution < -0.4 is 19.8 Å². The number of hydrogen-bond acceptors (Lipinski definition) is 3. The van der Waals surface area contributed by atoms with Crippen molar-refractivity contribution in [1.29, 1.82) is 0 Å². The van der Waals surface area contributed by atoms with Crippen LogP contribution in [-0.4, -0.2) is 6.66 Å². The molecule has 1 heterocycles. The van der Waals surface area contributed by atoms with Gasteiger partial charge in [0.25, 0.3) is 0 Å². The Kier molecular flexibility index (Phi) is 4.67. The second-order valence-electron chi connectivity index (χ2n) is 6.85. The van der Waals surface area contributed by atoms with Gasteiger partial charge in [-0.25, -0.2) is 0 Å². The fourth-order valence-corrected chi connectivity index (χ4v) is 5.52. The Bertz CT molecular complexity index is 1150. The molecule has 0 aliphatic carbocycles. The molecule has 0 bridgehead atoms. The minimum absolute atomic E-state index is 0.710. The summed E-state index contributed by atoms with van der Waals surface area (Å²) in [5.41, 5.74) is 4.53. The number of hydrogen-bond donors (Lipinski definition) is 0. The summed E-state index contributed by atoms with van der Waals surface area (Å²) >= 11 is 0. The molecule has 29 heavy (non-hydrogen) atoms. The monoisotopic (exact) mass is 397 g/mol. The lowest BCUT2D eigenvalue weighted by molar-refractivity contribution is -0.0984. The summed E-state index contributed by atoms with van der Waals surface area (Å²) in [6.07, 6.45) is 0. The number of anilines is 2. The van der Waals surface area contributed by atoms with Crippen molar-refractivity contribution in [3.05, 3.63) is 103 Å². The second-order valence-corrected chi connectivity index (χ2v) is 8.78. The smallest absolute Gasteiger partial charge is 0.202 e. The molecule has 0 N–H and O–H groups in total. The van der Waals surface area contributed by atoms with Crippen molar-refractivity contribution >= 4 is 24.8 Å². The summed E-state index contributed by atoms with van der Waals surface area (Å²) in [7, 11) is -0.730. The normalized spacial score (nSPS) is 15.2. The van der Waals surface area contributed by atoms with Crippen LogP contribution in [0.25, 0.3) is 11.1 Å². The Morgan fingerprint density at radius 3 is 2.14 bits per heavy atom. The summed E-state index contributed by atoms with van der Waals surface area (Å²) in [6.45, 7) is 2.26. The van der Waals surface area contributed by atoms with Crippen LogP contribution in [-0.2, 0) is 0 Å². The van der Waals surface area contributed by atoms with E-state index in [1.54, 1.807) is 0 Å². The summed E-state index contributed by atoms with van der Waals surface area (Å²) in [4.78, 5) is 11.4. The molecular formula is C25H20NO2P. The average Bonchev–Trinajstić information content (AvgIpc) is 2.78. The maximum absolute atomic E-state index is 5.74. The average molecular weight is 397 g/mol. The van der Waals surface area contributed by atoms with Crippen LogP contribution in [0.1, 0.15) is 0 Å². The Balaban J connectivity index is 1.68. The van der Waals surface area contributed by atoms with E-state index in [0.29, 0.717) is 5.75 Å². The zero-order valence-corrected chi connectivity index (χ0v) is 16.9. The lowest BCUT2D eigenvalue weighted by atomic mass is 10.1. The van der Waals surface area contributed by atoms with Gasteiger partial charge in [-0.1, -0.05) is 66.7 Å². The molecular weight excluding hydrogens is 377 g/mol. The summed E-state index contributed by atoms with van der Waals surface area (Å²) in [6, 6.07) is 35.3. The Morgan fingerprint density at radius 2 is 1.28 bits per heavy atom. The molecule has 0 aromatic heterocycles. The molecule has 0 fully saturated rings. The maximum Gasteiger partial charge on any atom is 0.202 e. The van der Waals surface area contributed by atoms with E-state index in [1.165, 1.54) is 11.1 Å². The molecule has 1 atom stereocenters. The first-order chi connectivity index (χ1) is 14.3. The number of para-hydroxylation sites is 3. The van der Waals surface area contributed by atoms with E-state index in [1.807, 2.05) is 42.5 Å². The van der Waals surface area contributed by atoms with Crippen molar-refractivity contribution in [1.82, 2.24) is 0 Å². The van der Waals surface area contributed by atoms with E-state index in [4.69, 9.17) is 9.78 Å².